The Morgan fingerprint density at radius 2 is 2.16 bits per heavy atom. The minimum Gasteiger partial charge on any atom is -0.497 e. The molecule has 1 aliphatic rings. The number of carbonyl (C=O) groups excluding carboxylic acids is 1. The predicted octanol–water partition coefficient (Wildman–Crippen LogP) is 1.57. The first-order valence-corrected chi connectivity index (χ1v) is 6.43. The van der Waals surface area contributed by atoms with Crippen molar-refractivity contribution < 1.29 is 14.3 Å². The Morgan fingerprint density at radius 1 is 1.37 bits per heavy atom. The number of hydrogen-bond acceptors (Lipinski definition) is 4. The SMILES string of the molecule is COc1ccc(N)c(C(=O)NC2CCCC2OC)c1. The number of nitrogens with two attached hydrogens (primary N) is 1. The van der Waals surface area contributed by atoms with E-state index in [4.69, 9.17) is 15.2 Å². The predicted molar refractivity (Wildman–Crippen MR) is 73.3 cm³/mol. The Labute approximate surface area is 113 Å². The number of amides is 1. The number of hydrogen-bond donors (Lipinski definition) is 2. The lowest BCUT2D eigenvalue weighted by molar-refractivity contribution is 0.0722. The van der Waals surface area contributed by atoms with E-state index in [9.17, 15) is 4.79 Å². The van der Waals surface area contributed by atoms with Crippen LogP contribution >= 0.6 is 0 Å². The van der Waals surface area contributed by atoms with Crippen LogP contribution in [0.25, 0.3) is 0 Å². The molecule has 1 saturated carbocycles. The maximum absolute atomic E-state index is 12.2. The fraction of sp³-hybridized carbons (Fsp3) is 0.500. The van der Waals surface area contributed by atoms with Gasteiger partial charge in [0.05, 0.1) is 24.8 Å². The van der Waals surface area contributed by atoms with Crippen molar-refractivity contribution in [1.82, 2.24) is 5.32 Å². The second-order valence-corrected chi connectivity index (χ2v) is 4.74. The number of anilines is 1. The van der Waals surface area contributed by atoms with Gasteiger partial charge in [-0.05, 0) is 37.5 Å². The van der Waals surface area contributed by atoms with Gasteiger partial charge in [0, 0.05) is 12.8 Å². The van der Waals surface area contributed by atoms with Crippen LogP contribution in [0.1, 0.15) is 29.6 Å². The van der Waals surface area contributed by atoms with Crippen molar-refractivity contribution in [3.8, 4) is 5.75 Å². The van der Waals surface area contributed by atoms with E-state index in [1.54, 1.807) is 32.4 Å². The minimum absolute atomic E-state index is 0.0584. The Morgan fingerprint density at radius 3 is 2.84 bits per heavy atom. The van der Waals surface area contributed by atoms with Gasteiger partial charge in [0.25, 0.3) is 5.91 Å². The molecule has 0 aliphatic heterocycles. The highest BCUT2D eigenvalue weighted by atomic mass is 16.5. The molecule has 0 heterocycles. The summed E-state index contributed by atoms with van der Waals surface area (Å²) in [5, 5.41) is 2.99. The number of nitrogen functional groups attached to an aromatic ring is 1. The second-order valence-electron chi connectivity index (χ2n) is 4.74. The summed E-state index contributed by atoms with van der Waals surface area (Å²) in [6.07, 6.45) is 3.08. The molecule has 0 saturated heterocycles. The summed E-state index contributed by atoms with van der Waals surface area (Å²) in [6, 6.07) is 5.13. The van der Waals surface area contributed by atoms with E-state index < -0.39 is 0 Å². The molecule has 19 heavy (non-hydrogen) atoms. The third-order valence-electron chi connectivity index (χ3n) is 3.58. The first-order valence-electron chi connectivity index (χ1n) is 6.43. The molecule has 0 aromatic heterocycles. The van der Waals surface area contributed by atoms with Crippen LogP contribution in [-0.4, -0.2) is 32.3 Å². The van der Waals surface area contributed by atoms with Crippen molar-refractivity contribution in [2.75, 3.05) is 20.0 Å². The monoisotopic (exact) mass is 264 g/mol. The summed E-state index contributed by atoms with van der Waals surface area (Å²) in [5.41, 5.74) is 6.73. The highest BCUT2D eigenvalue weighted by molar-refractivity contribution is 5.99. The maximum Gasteiger partial charge on any atom is 0.253 e. The van der Waals surface area contributed by atoms with Crippen molar-refractivity contribution in [2.24, 2.45) is 0 Å². The highest BCUT2D eigenvalue weighted by Gasteiger charge is 2.29. The molecule has 2 rings (SSSR count). The fourth-order valence-electron chi connectivity index (χ4n) is 2.48. The summed E-state index contributed by atoms with van der Waals surface area (Å²) in [4.78, 5) is 12.2. The molecule has 0 spiro atoms. The number of benzene rings is 1. The van der Waals surface area contributed by atoms with Gasteiger partial charge in [-0.25, -0.2) is 0 Å². The average molecular weight is 264 g/mol. The largest absolute Gasteiger partial charge is 0.497 e. The van der Waals surface area contributed by atoms with Crippen LogP contribution in [0.3, 0.4) is 0 Å². The number of carbonyl (C=O) groups is 1. The fourth-order valence-corrected chi connectivity index (χ4v) is 2.48. The van der Waals surface area contributed by atoms with E-state index >= 15 is 0 Å². The molecule has 1 amide bonds. The molecule has 2 unspecified atom stereocenters. The standard InChI is InChI=1S/C14H20N2O3/c1-18-9-6-7-11(15)10(8-9)14(17)16-12-4-3-5-13(12)19-2/h6-8,12-13H,3-5,15H2,1-2H3,(H,16,17). The van der Waals surface area contributed by atoms with E-state index in [0.29, 0.717) is 17.0 Å². The minimum atomic E-state index is -0.176. The summed E-state index contributed by atoms with van der Waals surface area (Å²) < 4.78 is 10.5. The van der Waals surface area contributed by atoms with E-state index in [-0.39, 0.29) is 18.1 Å². The first kappa shape index (κ1) is 13.7. The maximum atomic E-state index is 12.2. The third-order valence-corrected chi connectivity index (χ3v) is 3.58. The number of ether oxygens (including phenoxy) is 2. The van der Waals surface area contributed by atoms with Gasteiger partial charge in [-0.3, -0.25) is 4.79 Å². The molecule has 1 aromatic rings. The molecule has 1 fully saturated rings. The van der Waals surface area contributed by atoms with Gasteiger partial charge in [-0.15, -0.1) is 0 Å². The normalized spacial score (nSPS) is 22.2. The zero-order valence-corrected chi connectivity index (χ0v) is 11.3. The lowest BCUT2D eigenvalue weighted by atomic mass is 10.1. The zero-order chi connectivity index (χ0) is 13.8. The molecule has 1 aliphatic carbocycles. The zero-order valence-electron chi connectivity index (χ0n) is 11.3. The van der Waals surface area contributed by atoms with Crippen molar-refractivity contribution in [2.45, 2.75) is 31.4 Å². The van der Waals surface area contributed by atoms with E-state index in [1.807, 2.05) is 0 Å². The Bertz CT molecular complexity index is 462. The lowest BCUT2D eigenvalue weighted by Gasteiger charge is -2.20. The van der Waals surface area contributed by atoms with E-state index in [2.05, 4.69) is 5.32 Å². The molecule has 0 bridgehead atoms. The van der Waals surface area contributed by atoms with Gasteiger partial charge in [0.2, 0.25) is 0 Å². The molecule has 1 aromatic carbocycles. The third kappa shape index (κ3) is 2.98. The van der Waals surface area contributed by atoms with Crippen LogP contribution < -0.4 is 15.8 Å². The quantitative estimate of drug-likeness (QED) is 0.810. The summed E-state index contributed by atoms with van der Waals surface area (Å²) in [7, 11) is 3.24. The van der Waals surface area contributed by atoms with Crippen LogP contribution in [-0.2, 0) is 4.74 Å². The van der Waals surface area contributed by atoms with E-state index in [0.717, 1.165) is 19.3 Å². The Kier molecular flexibility index (Phi) is 4.27. The van der Waals surface area contributed by atoms with Gasteiger partial charge in [0.1, 0.15) is 5.75 Å². The molecule has 2 atom stereocenters. The number of methoxy groups -OCH3 is 2. The Balaban J connectivity index is 2.11. The lowest BCUT2D eigenvalue weighted by Crippen LogP contribution is -2.40. The summed E-state index contributed by atoms with van der Waals surface area (Å²) in [5.74, 6) is 0.444. The molecule has 0 radical (unpaired) electrons. The average Bonchev–Trinajstić information content (AvgIpc) is 2.86. The van der Waals surface area contributed by atoms with Crippen LogP contribution in [0.15, 0.2) is 18.2 Å². The molecule has 3 N–H and O–H groups in total. The van der Waals surface area contributed by atoms with Gasteiger partial charge >= 0.3 is 0 Å². The van der Waals surface area contributed by atoms with Gasteiger partial charge in [-0.1, -0.05) is 0 Å². The molecule has 5 heteroatoms. The van der Waals surface area contributed by atoms with Gasteiger partial charge < -0.3 is 20.5 Å². The topological polar surface area (TPSA) is 73.6 Å². The van der Waals surface area contributed by atoms with Crippen LogP contribution in [0.4, 0.5) is 5.69 Å². The molecular weight excluding hydrogens is 244 g/mol. The molecular formula is C14H20N2O3. The summed E-state index contributed by atoms with van der Waals surface area (Å²) >= 11 is 0. The number of nitrogens with one attached hydrogen (secondary N) is 1. The second kappa shape index (κ2) is 5.93. The van der Waals surface area contributed by atoms with Gasteiger partial charge in [-0.2, -0.15) is 0 Å². The van der Waals surface area contributed by atoms with Crippen LogP contribution in [0.5, 0.6) is 5.75 Å². The van der Waals surface area contributed by atoms with Crippen molar-refractivity contribution >= 4 is 11.6 Å². The van der Waals surface area contributed by atoms with Crippen molar-refractivity contribution in [3.63, 3.8) is 0 Å². The van der Waals surface area contributed by atoms with Crippen LogP contribution in [0, 0.1) is 0 Å². The smallest absolute Gasteiger partial charge is 0.253 e. The van der Waals surface area contributed by atoms with Crippen molar-refractivity contribution in [1.29, 1.82) is 0 Å². The highest BCUT2D eigenvalue weighted by Crippen LogP contribution is 2.24. The van der Waals surface area contributed by atoms with Crippen LogP contribution in [0.2, 0.25) is 0 Å². The summed E-state index contributed by atoms with van der Waals surface area (Å²) in [6.45, 7) is 0. The first-order chi connectivity index (χ1) is 9.15. The number of rotatable bonds is 4. The molecule has 104 valence electrons. The Hall–Kier alpha value is -1.75. The van der Waals surface area contributed by atoms with Crippen molar-refractivity contribution in [3.05, 3.63) is 23.8 Å². The van der Waals surface area contributed by atoms with Gasteiger partial charge in [0.15, 0.2) is 0 Å². The molecule has 5 nitrogen and oxygen atoms in total. The van der Waals surface area contributed by atoms with E-state index in [1.165, 1.54) is 0 Å².